The minimum atomic E-state index is -0.372. The molecule has 0 aliphatic heterocycles. The van der Waals surface area contributed by atoms with Crippen LogP contribution in [0.2, 0.25) is 0 Å². The summed E-state index contributed by atoms with van der Waals surface area (Å²) in [6, 6.07) is 0. The zero-order chi connectivity index (χ0) is 17.4. The second-order valence-corrected chi connectivity index (χ2v) is 6.47. The average molecular weight is 333 g/mol. The molecule has 1 N–H and O–H groups in total. The van der Waals surface area contributed by atoms with E-state index in [9.17, 15) is 9.90 Å². The molecule has 0 radical (unpaired) electrons. The Morgan fingerprint density at radius 3 is 2.75 bits per heavy atom. The predicted octanol–water partition coefficient (Wildman–Crippen LogP) is 2.83. The lowest BCUT2D eigenvalue weighted by atomic mass is 10.0. The van der Waals surface area contributed by atoms with Gasteiger partial charge >= 0.3 is 5.97 Å². The summed E-state index contributed by atoms with van der Waals surface area (Å²) in [5.41, 5.74) is 1.05. The molecule has 132 valence electrons. The highest BCUT2D eigenvalue weighted by molar-refractivity contribution is 5.86. The largest absolute Gasteiger partial charge is 0.457 e. The summed E-state index contributed by atoms with van der Waals surface area (Å²) in [5, 5.41) is 13.8. The van der Waals surface area contributed by atoms with Crippen molar-refractivity contribution in [3.63, 3.8) is 0 Å². The highest BCUT2D eigenvalue weighted by atomic mass is 16.6. The molecule has 0 spiro atoms. The molecular weight excluding hydrogens is 306 g/mol. The minimum absolute atomic E-state index is 0.142. The molecule has 0 saturated heterocycles. The van der Waals surface area contributed by atoms with Gasteiger partial charge in [-0.1, -0.05) is 30.7 Å². The lowest BCUT2D eigenvalue weighted by Crippen LogP contribution is -2.16. The number of ether oxygens (including phenoxy) is 1. The topological polar surface area (TPSA) is 68.1 Å². The van der Waals surface area contributed by atoms with Gasteiger partial charge in [0.05, 0.1) is 18.2 Å². The van der Waals surface area contributed by atoms with E-state index in [0.717, 1.165) is 37.8 Å². The Morgan fingerprint density at radius 1 is 1.42 bits per heavy atom. The number of hydrogen-bond acceptors (Lipinski definition) is 5. The summed E-state index contributed by atoms with van der Waals surface area (Å²) < 4.78 is 5.27. The van der Waals surface area contributed by atoms with E-state index in [0.29, 0.717) is 18.3 Å². The van der Waals surface area contributed by atoms with E-state index in [1.807, 2.05) is 6.92 Å². The number of nitrogens with zero attached hydrogens (tertiary/aromatic N) is 1. The van der Waals surface area contributed by atoms with Gasteiger partial charge in [0.25, 0.3) is 0 Å². The van der Waals surface area contributed by atoms with Gasteiger partial charge in [0.2, 0.25) is 0 Å². The molecule has 0 amide bonds. The van der Waals surface area contributed by atoms with Crippen LogP contribution in [0, 0.1) is 23.7 Å². The number of esters is 1. The SMILES string of the molecule is C=CC(CC#CCC)OC(=O)CCON=C1C[C@H]2CC(O)C[C@@H]2C1. The Balaban J connectivity index is 1.62. The third-order valence-corrected chi connectivity index (χ3v) is 4.55. The standard InChI is InChI=1S/C19H27NO4/c1-3-5-6-7-18(4-2)24-19(22)8-9-23-20-16-10-14-12-17(21)13-15(14)11-16/h4,14-15,17-18,21H,2-3,7-13H2,1H3/t14-,15-,17?,18?/m0/s1. The molecule has 1 unspecified atom stereocenters. The molecule has 0 aromatic heterocycles. The summed E-state index contributed by atoms with van der Waals surface area (Å²) >= 11 is 0. The molecular formula is C19H27NO4. The second-order valence-electron chi connectivity index (χ2n) is 6.47. The first-order valence-corrected chi connectivity index (χ1v) is 8.75. The maximum atomic E-state index is 11.8. The van der Waals surface area contributed by atoms with Crippen LogP contribution in [0.3, 0.4) is 0 Å². The first-order chi connectivity index (χ1) is 11.6. The Morgan fingerprint density at radius 2 is 2.12 bits per heavy atom. The summed E-state index contributed by atoms with van der Waals surface area (Å²) in [7, 11) is 0. The van der Waals surface area contributed by atoms with E-state index in [2.05, 4.69) is 23.6 Å². The Labute approximate surface area is 144 Å². The fourth-order valence-corrected chi connectivity index (χ4v) is 3.41. The highest BCUT2D eigenvalue weighted by Crippen LogP contribution is 2.42. The smallest absolute Gasteiger partial charge is 0.309 e. The van der Waals surface area contributed by atoms with Gasteiger partial charge in [-0.05, 0) is 37.5 Å². The van der Waals surface area contributed by atoms with Crippen LogP contribution >= 0.6 is 0 Å². The van der Waals surface area contributed by atoms with Crippen LogP contribution in [-0.2, 0) is 14.4 Å². The van der Waals surface area contributed by atoms with Gasteiger partial charge in [-0.3, -0.25) is 4.79 Å². The van der Waals surface area contributed by atoms with Gasteiger partial charge in [-0.25, -0.2) is 0 Å². The van der Waals surface area contributed by atoms with Crippen molar-refractivity contribution in [2.24, 2.45) is 17.0 Å². The van der Waals surface area contributed by atoms with Crippen molar-refractivity contribution >= 4 is 11.7 Å². The lowest BCUT2D eigenvalue weighted by molar-refractivity contribution is -0.147. The highest BCUT2D eigenvalue weighted by Gasteiger charge is 2.39. The van der Waals surface area contributed by atoms with E-state index in [-0.39, 0.29) is 31.2 Å². The van der Waals surface area contributed by atoms with Crippen molar-refractivity contribution in [3.8, 4) is 11.8 Å². The fourth-order valence-electron chi connectivity index (χ4n) is 3.41. The number of carbonyl (C=O) groups excluding carboxylic acids is 1. The summed E-state index contributed by atoms with van der Waals surface area (Å²) in [4.78, 5) is 17.0. The molecule has 2 saturated carbocycles. The average Bonchev–Trinajstić information content (AvgIpc) is 3.07. The van der Waals surface area contributed by atoms with Crippen LogP contribution in [0.25, 0.3) is 0 Å². The first kappa shape index (κ1) is 18.5. The summed E-state index contributed by atoms with van der Waals surface area (Å²) in [6.07, 6.45) is 6.05. The molecule has 5 heteroatoms. The van der Waals surface area contributed by atoms with Crippen molar-refractivity contribution in [2.45, 2.75) is 64.1 Å². The Hall–Kier alpha value is -1.80. The van der Waals surface area contributed by atoms with Crippen LogP contribution in [0.1, 0.15) is 51.9 Å². The van der Waals surface area contributed by atoms with Crippen molar-refractivity contribution in [1.29, 1.82) is 0 Å². The van der Waals surface area contributed by atoms with Gasteiger partial charge in [0, 0.05) is 12.8 Å². The minimum Gasteiger partial charge on any atom is -0.457 e. The normalized spacial score (nSPS) is 23.8. The molecule has 0 aromatic rings. The predicted molar refractivity (Wildman–Crippen MR) is 92.2 cm³/mol. The van der Waals surface area contributed by atoms with Gasteiger partial charge in [0.1, 0.15) is 12.7 Å². The molecule has 0 bridgehead atoms. The molecule has 2 aliphatic rings. The van der Waals surface area contributed by atoms with E-state index in [1.54, 1.807) is 6.08 Å². The van der Waals surface area contributed by atoms with Crippen LogP contribution in [0.15, 0.2) is 17.8 Å². The molecule has 5 nitrogen and oxygen atoms in total. The van der Waals surface area contributed by atoms with Crippen molar-refractivity contribution < 1.29 is 19.5 Å². The van der Waals surface area contributed by atoms with Crippen molar-refractivity contribution in [3.05, 3.63) is 12.7 Å². The molecule has 3 atom stereocenters. The molecule has 2 aliphatic carbocycles. The van der Waals surface area contributed by atoms with Gasteiger partial charge in [-0.2, -0.15) is 0 Å². The number of aliphatic hydroxyl groups is 1. The molecule has 24 heavy (non-hydrogen) atoms. The monoisotopic (exact) mass is 333 g/mol. The molecule has 2 fully saturated rings. The van der Waals surface area contributed by atoms with Crippen LogP contribution in [0.4, 0.5) is 0 Å². The molecule has 0 aromatic carbocycles. The number of oxime groups is 1. The third-order valence-electron chi connectivity index (χ3n) is 4.55. The van der Waals surface area contributed by atoms with Crippen LogP contribution in [-0.4, -0.2) is 35.6 Å². The number of carbonyl (C=O) groups is 1. The third kappa shape index (κ3) is 5.68. The van der Waals surface area contributed by atoms with E-state index in [1.165, 1.54) is 0 Å². The lowest BCUT2D eigenvalue weighted by Gasteiger charge is -2.11. The van der Waals surface area contributed by atoms with Crippen molar-refractivity contribution in [1.82, 2.24) is 0 Å². The number of fused-ring (bicyclic) bond motifs is 1. The number of hydrogen-bond donors (Lipinski definition) is 1. The van der Waals surface area contributed by atoms with Crippen LogP contribution in [0.5, 0.6) is 0 Å². The first-order valence-electron chi connectivity index (χ1n) is 8.75. The number of rotatable bonds is 7. The Kier molecular flexibility index (Phi) is 7.33. The zero-order valence-electron chi connectivity index (χ0n) is 14.4. The van der Waals surface area contributed by atoms with Gasteiger partial charge < -0.3 is 14.7 Å². The summed E-state index contributed by atoms with van der Waals surface area (Å²) in [5.74, 6) is 6.65. The molecule has 2 rings (SSSR count). The number of aliphatic hydroxyl groups excluding tert-OH is 1. The van der Waals surface area contributed by atoms with Gasteiger partial charge in [-0.15, -0.1) is 5.92 Å². The zero-order valence-corrected chi connectivity index (χ0v) is 14.4. The fraction of sp³-hybridized carbons (Fsp3) is 0.684. The van der Waals surface area contributed by atoms with Crippen LogP contribution < -0.4 is 0 Å². The van der Waals surface area contributed by atoms with E-state index >= 15 is 0 Å². The van der Waals surface area contributed by atoms with Gasteiger partial charge in [0.15, 0.2) is 0 Å². The van der Waals surface area contributed by atoms with Crippen molar-refractivity contribution in [2.75, 3.05) is 6.61 Å². The Bertz CT molecular complexity index is 515. The van der Waals surface area contributed by atoms with E-state index in [4.69, 9.17) is 9.57 Å². The second kappa shape index (κ2) is 9.48. The summed E-state index contributed by atoms with van der Waals surface area (Å²) in [6.45, 7) is 5.84. The maximum absolute atomic E-state index is 11.8. The quantitative estimate of drug-likeness (QED) is 0.256. The maximum Gasteiger partial charge on any atom is 0.309 e. The van der Waals surface area contributed by atoms with E-state index < -0.39 is 0 Å². The molecule has 0 heterocycles.